The summed E-state index contributed by atoms with van der Waals surface area (Å²) in [5, 5.41) is 2.47. The van der Waals surface area contributed by atoms with Crippen LogP contribution in [0.1, 0.15) is 39.6 Å². The largest absolute Gasteiger partial charge is 0.525 e. The van der Waals surface area contributed by atoms with Gasteiger partial charge in [-0.2, -0.15) is 0 Å². The molecule has 0 aliphatic carbocycles. The first-order valence-corrected chi connectivity index (χ1v) is 6.74. The van der Waals surface area contributed by atoms with Gasteiger partial charge in [0.25, 0.3) is 0 Å². The van der Waals surface area contributed by atoms with Gasteiger partial charge in [-0.1, -0.05) is 0 Å². The van der Waals surface area contributed by atoms with Gasteiger partial charge in [0.1, 0.15) is 10.7 Å². The highest BCUT2D eigenvalue weighted by Crippen LogP contribution is 2.40. The van der Waals surface area contributed by atoms with Crippen LogP contribution < -0.4 is 0 Å². The van der Waals surface area contributed by atoms with E-state index in [1.165, 1.54) is 11.3 Å². The van der Waals surface area contributed by atoms with Crippen LogP contribution in [0.5, 0.6) is 0 Å². The van der Waals surface area contributed by atoms with E-state index in [0.717, 1.165) is 0 Å². The number of aromatic nitrogens is 1. The maximum absolute atomic E-state index is 14.3. The van der Waals surface area contributed by atoms with Crippen molar-refractivity contribution in [2.24, 2.45) is 0 Å². The van der Waals surface area contributed by atoms with Crippen molar-refractivity contribution < 1.29 is 13.7 Å². The van der Waals surface area contributed by atoms with E-state index in [1.54, 1.807) is 13.1 Å². The average Bonchev–Trinajstić information content (AvgIpc) is 2.84. The Balaban J connectivity index is 2.27. The smallest absolute Gasteiger partial charge is 0.398 e. The van der Waals surface area contributed by atoms with Gasteiger partial charge in [-0.15, -0.1) is 11.3 Å². The molecule has 6 heteroatoms. The van der Waals surface area contributed by atoms with Gasteiger partial charge in [0.05, 0.1) is 11.2 Å². The van der Waals surface area contributed by atoms with Crippen LogP contribution in [0, 0.1) is 0 Å². The summed E-state index contributed by atoms with van der Waals surface area (Å²) >= 11 is 1.40. The molecule has 0 unspecified atom stereocenters. The molecule has 2 rings (SSSR count). The van der Waals surface area contributed by atoms with Gasteiger partial charge in [-0.3, -0.25) is 0 Å². The molecule has 1 fully saturated rings. The first kappa shape index (κ1) is 13.7. The lowest BCUT2D eigenvalue weighted by Crippen LogP contribution is -2.41. The topological polar surface area (TPSA) is 31.4 Å². The van der Waals surface area contributed by atoms with Gasteiger partial charge < -0.3 is 9.31 Å². The monoisotopic (exact) mass is 269 g/mol. The van der Waals surface area contributed by atoms with Crippen molar-refractivity contribution in [1.29, 1.82) is 0 Å². The molecular weight excluding hydrogens is 252 g/mol. The fourth-order valence-electron chi connectivity index (χ4n) is 1.63. The molecule has 0 N–H and O–H groups in total. The third-order valence-corrected chi connectivity index (χ3v) is 4.46. The van der Waals surface area contributed by atoms with Crippen LogP contribution >= 0.6 is 11.3 Å². The van der Waals surface area contributed by atoms with Crippen molar-refractivity contribution in [3.63, 3.8) is 0 Å². The van der Waals surface area contributed by atoms with Crippen molar-refractivity contribution >= 4 is 24.0 Å². The Morgan fingerprint density at radius 2 is 1.83 bits per heavy atom. The highest BCUT2D eigenvalue weighted by Gasteiger charge is 2.53. The average molecular weight is 269 g/mol. The standard InChI is InChI=1S/C12H17BFNO2S/c1-8(10-15-6-7-18-10)9(14)13-16-11(2,3)12(4,5)17-13/h6-7H,1-5H3. The van der Waals surface area contributed by atoms with Crippen LogP contribution in [0.2, 0.25) is 0 Å². The number of thiazole rings is 1. The molecule has 0 saturated carbocycles. The quantitative estimate of drug-likeness (QED) is 0.770. The van der Waals surface area contributed by atoms with E-state index in [1.807, 2.05) is 33.1 Å². The van der Waals surface area contributed by atoms with Gasteiger partial charge >= 0.3 is 7.12 Å². The Hall–Kier alpha value is -0.715. The number of rotatable bonds is 2. The third kappa shape index (κ3) is 2.24. The Morgan fingerprint density at radius 3 is 2.28 bits per heavy atom. The molecule has 0 amide bonds. The van der Waals surface area contributed by atoms with E-state index in [4.69, 9.17) is 9.31 Å². The first-order valence-electron chi connectivity index (χ1n) is 5.86. The maximum atomic E-state index is 14.3. The Kier molecular flexibility index (Phi) is 3.38. The third-order valence-electron chi connectivity index (χ3n) is 3.57. The molecular formula is C12H17BFNO2S. The molecule has 1 aliphatic rings. The molecule has 1 aliphatic heterocycles. The molecule has 98 valence electrons. The second kappa shape index (κ2) is 4.44. The second-order valence-corrected chi connectivity index (χ2v) is 6.29. The lowest BCUT2D eigenvalue weighted by atomic mass is 9.85. The predicted octanol–water partition coefficient (Wildman–Crippen LogP) is 3.48. The van der Waals surface area contributed by atoms with E-state index >= 15 is 0 Å². The van der Waals surface area contributed by atoms with Crippen molar-refractivity contribution in [2.75, 3.05) is 0 Å². The summed E-state index contributed by atoms with van der Waals surface area (Å²) in [7, 11) is -0.945. The molecule has 3 nitrogen and oxygen atoms in total. The molecule has 0 aromatic carbocycles. The predicted molar refractivity (Wildman–Crippen MR) is 71.9 cm³/mol. The number of nitrogens with zero attached hydrogens (tertiary/aromatic N) is 1. The number of hydrogen-bond acceptors (Lipinski definition) is 4. The van der Waals surface area contributed by atoms with E-state index in [-0.39, 0.29) is 0 Å². The molecule has 1 aromatic rings. The summed E-state index contributed by atoms with van der Waals surface area (Å²) in [5.41, 5.74) is -0.983. The SMILES string of the molecule is CC(=C(F)B1OC(C)(C)C(C)(C)O1)c1nccs1. The Morgan fingerprint density at radius 1 is 1.28 bits per heavy atom. The molecule has 1 aromatic heterocycles. The Labute approximate surface area is 111 Å². The van der Waals surface area contributed by atoms with Crippen molar-refractivity contribution in [3.05, 3.63) is 22.3 Å². The van der Waals surface area contributed by atoms with E-state index < -0.39 is 24.0 Å². The van der Waals surface area contributed by atoms with Crippen LogP contribution in [-0.4, -0.2) is 23.3 Å². The zero-order valence-corrected chi connectivity index (χ0v) is 12.1. The number of halogens is 1. The van der Waals surface area contributed by atoms with Gasteiger partial charge in [0.15, 0.2) is 0 Å². The van der Waals surface area contributed by atoms with Gasteiger partial charge in [-0.05, 0) is 34.6 Å². The van der Waals surface area contributed by atoms with Crippen molar-refractivity contribution in [2.45, 2.75) is 45.8 Å². The maximum Gasteiger partial charge on any atom is 0.525 e. The van der Waals surface area contributed by atoms with Crippen molar-refractivity contribution in [1.82, 2.24) is 4.98 Å². The van der Waals surface area contributed by atoms with Crippen LogP contribution in [0.3, 0.4) is 0 Å². The summed E-state index contributed by atoms with van der Waals surface area (Å²) in [6, 6.07) is 0. The lowest BCUT2D eigenvalue weighted by molar-refractivity contribution is 0.00578. The van der Waals surface area contributed by atoms with Crippen LogP contribution in [-0.2, 0) is 9.31 Å². The van der Waals surface area contributed by atoms with Gasteiger partial charge in [0, 0.05) is 17.2 Å². The van der Waals surface area contributed by atoms with Crippen LogP contribution in [0.15, 0.2) is 17.3 Å². The van der Waals surface area contributed by atoms with Crippen LogP contribution in [0.4, 0.5) is 4.39 Å². The minimum atomic E-state index is -0.945. The summed E-state index contributed by atoms with van der Waals surface area (Å²) < 4.78 is 25.7. The summed E-state index contributed by atoms with van der Waals surface area (Å²) in [5.74, 6) is 0. The molecule has 0 spiro atoms. The molecule has 0 atom stereocenters. The fourth-order valence-corrected chi connectivity index (χ4v) is 2.28. The molecule has 1 saturated heterocycles. The molecule has 0 radical (unpaired) electrons. The van der Waals surface area contributed by atoms with E-state index in [2.05, 4.69) is 4.98 Å². The summed E-state index contributed by atoms with van der Waals surface area (Å²) in [6.45, 7) is 9.30. The number of allylic oxidation sites excluding steroid dienone is 1. The van der Waals surface area contributed by atoms with Gasteiger partial charge in [-0.25, -0.2) is 9.37 Å². The highest BCUT2D eigenvalue weighted by molar-refractivity contribution is 7.10. The second-order valence-electron chi connectivity index (χ2n) is 5.40. The lowest BCUT2D eigenvalue weighted by Gasteiger charge is -2.32. The van der Waals surface area contributed by atoms with Gasteiger partial charge in [0.2, 0.25) is 0 Å². The molecule has 0 bridgehead atoms. The first-order chi connectivity index (χ1) is 8.24. The van der Waals surface area contributed by atoms with E-state index in [9.17, 15) is 4.39 Å². The molecule has 2 heterocycles. The van der Waals surface area contributed by atoms with Crippen molar-refractivity contribution in [3.8, 4) is 0 Å². The number of hydrogen-bond donors (Lipinski definition) is 0. The minimum absolute atomic E-state index is 0.399. The Bertz CT molecular complexity index is 454. The zero-order valence-electron chi connectivity index (χ0n) is 11.3. The molecule has 18 heavy (non-hydrogen) atoms. The normalized spacial score (nSPS) is 23.1. The summed E-state index contributed by atoms with van der Waals surface area (Å²) in [4.78, 5) is 4.09. The highest BCUT2D eigenvalue weighted by atomic mass is 32.1. The minimum Gasteiger partial charge on any atom is -0.398 e. The van der Waals surface area contributed by atoms with Crippen LogP contribution in [0.25, 0.3) is 5.57 Å². The van der Waals surface area contributed by atoms with E-state index in [0.29, 0.717) is 10.6 Å². The zero-order chi connectivity index (χ0) is 13.6. The fraction of sp³-hybridized carbons (Fsp3) is 0.583. The summed E-state index contributed by atoms with van der Waals surface area (Å²) in [6.07, 6.45) is 1.65.